The zero-order valence-corrected chi connectivity index (χ0v) is 14.7. The standard InChI is InChI=1S/C17H20FN3O2S/c1-10(2)19-15(22)8-14-11(3)20-17(21-16(14)23)24-9-12-4-6-13(18)7-5-12/h4-7,10H,8-9H2,1-3H3,(H,19,22)(H,20,21,23). The molecule has 0 fully saturated rings. The number of aromatic amines is 1. The predicted octanol–water partition coefficient (Wildman–Crippen LogP) is 2.58. The van der Waals surface area contributed by atoms with E-state index in [9.17, 15) is 14.0 Å². The number of nitrogens with zero attached hydrogens (tertiary/aromatic N) is 1. The highest BCUT2D eigenvalue weighted by Crippen LogP contribution is 2.19. The van der Waals surface area contributed by atoms with Crippen LogP contribution in [-0.4, -0.2) is 21.9 Å². The number of aryl methyl sites for hydroxylation is 1. The van der Waals surface area contributed by atoms with E-state index in [1.54, 1.807) is 19.1 Å². The maximum absolute atomic E-state index is 12.9. The molecule has 1 aromatic carbocycles. The third kappa shape index (κ3) is 5.19. The van der Waals surface area contributed by atoms with Gasteiger partial charge in [-0.25, -0.2) is 9.37 Å². The van der Waals surface area contributed by atoms with Gasteiger partial charge in [-0.05, 0) is 38.5 Å². The molecule has 0 atom stereocenters. The Labute approximate surface area is 144 Å². The van der Waals surface area contributed by atoms with E-state index >= 15 is 0 Å². The van der Waals surface area contributed by atoms with Crippen LogP contribution in [-0.2, 0) is 17.0 Å². The van der Waals surface area contributed by atoms with Crippen LogP contribution in [0.4, 0.5) is 4.39 Å². The summed E-state index contributed by atoms with van der Waals surface area (Å²) < 4.78 is 12.9. The molecule has 0 aliphatic heterocycles. The van der Waals surface area contributed by atoms with E-state index in [-0.39, 0.29) is 29.7 Å². The van der Waals surface area contributed by atoms with Crippen LogP contribution in [0.25, 0.3) is 0 Å². The van der Waals surface area contributed by atoms with E-state index in [0.717, 1.165) is 5.56 Å². The molecule has 2 aromatic rings. The maximum Gasteiger partial charge on any atom is 0.255 e. The fourth-order valence-electron chi connectivity index (χ4n) is 2.13. The molecule has 0 saturated carbocycles. The van der Waals surface area contributed by atoms with Crippen molar-refractivity contribution in [3.05, 3.63) is 57.3 Å². The van der Waals surface area contributed by atoms with Crippen LogP contribution < -0.4 is 10.9 Å². The molecule has 1 aromatic heterocycles. The normalized spacial score (nSPS) is 10.9. The summed E-state index contributed by atoms with van der Waals surface area (Å²) in [5.74, 6) is 0.0813. The Hall–Kier alpha value is -2.15. The molecule has 1 heterocycles. The molecule has 0 bridgehead atoms. The van der Waals surface area contributed by atoms with Crippen molar-refractivity contribution in [1.82, 2.24) is 15.3 Å². The van der Waals surface area contributed by atoms with Crippen LogP contribution in [0.3, 0.4) is 0 Å². The van der Waals surface area contributed by atoms with Crippen molar-refractivity contribution in [1.29, 1.82) is 0 Å². The Balaban J connectivity index is 2.07. The largest absolute Gasteiger partial charge is 0.354 e. The molecule has 128 valence electrons. The SMILES string of the molecule is Cc1nc(SCc2ccc(F)cc2)[nH]c(=O)c1CC(=O)NC(C)C. The van der Waals surface area contributed by atoms with Gasteiger partial charge in [-0.3, -0.25) is 9.59 Å². The second-order valence-electron chi connectivity index (χ2n) is 5.75. The van der Waals surface area contributed by atoms with Gasteiger partial charge in [0.15, 0.2) is 5.16 Å². The molecule has 0 spiro atoms. The molecule has 24 heavy (non-hydrogen) atoms. The summed E-state index contributed by atoms with van der Waals surface area (Å²) in [5, 5.41) is 3.24. The number of H-pyrrole nitrogens is 1. The molecule has 0 radical (unpaired) electrons. The zero-order valence-electron chi connectivity index (χ0n) is 13.9. The first-order chi connectivity index (χ1) is 11.3. The second kappa shape index (κ2) is 8.10. The number of halogens is 1. The molecule has 7 heteroatoms. The van der Waals surface area contributed by atoms with Crippen molar-refractivity contribution in [3.8, 4) is 0 Å². The van der Waals surface area contributed by atoms with Crippen molar-refractivity contribution in [2.24, 2.45) is 0 Å². The Bertz CT molecular complexity index is 772. The number of amides is 1. The molecule has 2 rings (SSSR count). The minimum absolute atomic E-state index is 0.00918. The molecule has 0 saturated heterocycles. The third-order valence-corrected chi connectivity index (χ3v) is 4.22. The van der Waals surface area contributed by atoms with Crippen LogP contribution >= 0.6 is 11.8 Å². The monoisotopic (exact) mass is 349 g/mol. The first-order valence-corrected chi connectivity index (χ1v) is 8.60. The maximum atomic E-state index is 12.9. The quantitative estimate of drug-likeness (QED) is 0.621. The molecule has 2 N–H and O–H groups in total. The van der Waals surface area contributed by atoms with E-state index in [2.05, 4.69) is 15.3 Å². The van der Waals surface area contributed by atoms with E-state index in [4.69, 9.17) is 0 Å². The minimum atomic E-state index is -0.303. The van der Waals surface area contributed by atoms with Gasteiger partial charge in [0, 0.05) is 23.1 Å². The molecule has 0 aliphatic carbocycles. The Morgan fingerprint density at radius 1 is 1.33 bits per heavy atom. The van der Waals surface area contributed by atoms with Gasteiger partial charge in [0.2, 0.25) is 5.91 Å². The summed E-state index contributed by atoms with van der Waals surface area (Å²) in [5.41, 5.74) is 1.55. The van der Waals surface area contributed by atoms with Gasteiger partial charge < -0.3 is 10.3 Å². The highest BCUT2D eigenvalue weighted by atomic mass is 32.2. The summed E-state index contributed by atoms with van der Waals surface area (Å²) in [6, 6.07) is 6.20. The van der Waals surface area contributed by atoms with E-state index in [0.29, 0.717) is 22.2 Å². The van der Waals surface area contributed by atoms with Crippen molar-refractivity contribution in [2.45, 2.75) is 44.1 Å². The molecule has 0 unspecified atom stereocenters. The van der Waals surface area contributed by atoms with Crippen LogP contribution in [0, 0.1) is 12.7 Å². The van der Waals surface area contributed by atoms with Gasteiger partial charge in [-0.15, -0.1) is 0 Å². The number of rotatable bonds is 6. The Morgan fingerprint density at radius 2 is 2.00 bits per heavy atom. The van der Waals surface area contributed by atoms with Gasteiger partial charge >= 0.3 is 0 Å². The third-order valence-electron chi connectivity index (χ3n) is 3.28. The first kappa shape index (κ1) is 18.2. The van der Waals surface area contributed by atoms with Gasteiger partial charge in [-0.2, -0.15) is 0 Å². The summed E-state index contributed by atoms with van der Waals surface area (Å²) in [6.07, 6.45) is 0.00918. The van der Waals surface area contributed by atoms with Gasteiger partial charge in [0.25, 0.3) is 5.56 Å². The number of hydrogen-bond donors (Lipinski definition) is 2. The predicted molar refractivity (Wildman–Crippen MR) is 92.5 cm³/mol. The Morgan fingerprint density at radius 3 is 2.58 bits per heavy atom. The van der Waals surface area contributed by atoms with Crippen LogP contribution in [0.2, 0.25) is 0 Å². The first-order valence-electron chi connectivity index (χ1n) is 7.61. The molecule has 5 nitrogen and oxygen atoms in total. The van der Waals surface area contributed by atoms with Crippen molar-refractivity contribution >= 4 is 17.7 Å². The van der Waals surface area contributed by atoms with Crippen LogP contribution in [0.5, 0.6) is 0 Å². The number of carbonyl (C=O) groups is 1. The molecular formula is C17H20FN3O2S. The van der Waals surface area contributed by atoms with E-state index in [1.807, 2.05) is 13.8 Å². The number of hydrogen-bond acceptors (Lipinski definition) is 4. The highest BCUT2D eigenvalue weighted by molar-refractivity contribution is 7.98. The smallest absolute Gasteiger partial charge is 0.255 e. The number of nitrogens with one attached hydrogen (secondary N) is 2. The van der Waals surface area contributed by atoms with E-state index in [1.165, 1.54) is 23.9 Å². The fourth-order valence-corrected chi connectivity index (χ4v) is 2.99. The second-order valence-corrected chi connectivity index (χ2v) is 6.71. The number of aromatic nitrogens is 2. The van der Waals surface area contributed by atoms with Crippen molar-refractivity contribution in [2.75, 3.05) is 0 Å². The number of carbonyl (C=O) groups excluding carboxylic acids is 1. The van der Waals surface area contributed by atoms with Gasteiger partial charge in [0.05, 0.1) is 6.42 Å². The van der Waals surface area contributed by atoms with Gasteiger partial charge in [0.1, 0.15) is 5.82 Å². The minimum Gasteiger partial charge on any atom is -0.354 e. The molecule has 1 amide bonds. The van der Waals surface area contributed by atoms with Crippen molar-refractivity contribution < 1.29 is 9.18 Å². The molecular weight excluding hydrogens is 329 g/mol. The lowest BCUT2D eigenvalue weighted by molar-refractivity contribution is -0.120. The van der Waals surface area contributed by atoms with Crippen LogP contribution in [0.1, 0.15) is 30.7 Å². The lowest BCUT2D eigenvalue weighted by Crippen LogP contribution is -2.33. The summed E-state index contributed by atoms with van der Waals surface area (Å²) in [6.45, 7) is 5.44. The summed E-state index contributed by atoms with van der Waals surface area (Å²) in [4.78, 5) is 31.1. The lowest BCUT2D eigenvalue weighted by Gasteiger charge is -2.10. The van der Waals surface area contributed by atoms with E-state index < -0.39 is 0 Å². The zero-order chi connectivity index (χ0) is 17.7. The number of thioether (sulfide) groups is 1. The average molecular weight is 349 g/mol. The van der Waals surface area contributed by atoms with Gasteiger partial charge in [-0.1, -0.05) is 23.9 Å². The summed E-state index contributed by atoms with van der Waals surface area (Å²) in [7, 11) is 0. The van der Waals surface area contributed by atoms with Crippen LogP contribution in [0.15, 0.2) is 34.2 Å². The summed E-state index contributed by atoms with van der Waals surface area (Å²) >= 11 is 1.36. The average Bonchev–Trinajstić information content (AvgIpc) is 2.49. The highest BCUT2D eigenvalue weighted by Gasteiger charge is 2.13. The fraction of sp³-hybridized carbons (Fsp3) is 0.353. The Kier molecular flexibility index (Phi) is 6.14. The van der Waals surface area contributed by atoms with Crippen molar-refractivity contribution in [3.63, 3.8) is 0 Å². The molecule has 0 aliphatic rings. The lowest BCUT2D eigenvalue weighted by atomic mass is 10.1. The number of benzene rings is 1. The topological polar surface area (TPSA) is 74.8 Å².